The Balaban J connectivity index is 1.44. The van der Waals surface area contributed by atoms with Crippen LogP contribution in [0.2, 0.25) is 0 Å². The van der Waals surface area contributed by atoms with Gasteiger partial charge in [0.15, 0.2) is 0 Å². The predicted octanol–water partition coefficient (Wildman–Crippen LogP) is 3.15. The summed E-state index contributed by atoms with van der Waals surface area (Å²) in [6.07, 6.45) is 0.728. The zero-order chi connectivity index (χ0) is 21.1. The molecule has 1 saturated heterocycles. The number of fused-ring (bicyclic) bond motifs is 4. The van der Waals surface area contributed by atoms with E-state index in [1.165, 1.54) is 11.1 Å². The van der Waals surface area contributed by atoms with Gasteiger partial charge >= 0.3 is 6.01 Å². The molecule has 2 heterocycles. The highest BCUT2D eigenvalue weighted by molar-refractivity contribution is 5.88. The first-order valence-electron chi connectivity index (χ1n) is 10.6. The van der Waals surface area contributed by atoms with E-state index >= 15 is 0 Å². The van der Waals surface area contributed by atoms with Crippen LogP contribution in [0.5, 0.6) is 11.8 Å². The Labute approximate surface area is 180 Å². The standard InChI is InChI=1S/C24H22N6O/c1-27-19-7-3-6-15-16(19)9-20-21(15)23(30-11-17-18(12-30)22(17)26)29-24(28-20)31-14-5-2-4-13(8-14)10-25/h2-8,17-18,22,27H,9,11-12,26H2,1H3. The Bertz CT molecular complexity index is 1240. The van der Waals surface area contributed by atoms with E-state index in [4.69, 9.17) is 20.4 Å². The minimum Gasteiger partial charge on any atom is -0.424 e. The largest absolute Gasteiger partial charge is 0.424 e. The number of hydrogen-bond acceptors (Lipinski definition) is 7. The molecule has 31 heavy (non-hydrogen) atoms. The van der Waals surface area contributed by atoms with Gasteiger partial charge in [-0.3, -0.25) is 0 Å². The summed E-state index contributed by atoms with van der Waals surface area (Å²) < 4.78 is 6.02. The van der Waals surface area contributed by atoms with Crippen LogP contribution in [0, 0.1) is 23.2 Å². The molecule has 1 saturated carbocycles. The van der Waals surface area contributed by atoms with Crippen LogP contribution in [0.1, 0.15) is 16.8 Å². The second-order valence-electron chi connectivity index (χ2n) is 8.46. The highest BCUT2D eigenvalue weighted by Crippen LogP contribution is 2.50. The highest BCUT2D eigenvalue weighted by Gasteiger charge is 2.54. The quantitative estimate of drug-likeness (QED) is 0.533. The van der Waals surface area contributed by atoms with Gasteiger partial charge in [-0.25, -0.2) is 0 Å². The predicted molar refractivity (Wildman–Crippen MR) is 118 cm³/mol. The van der Waals surface area contributed by atoms with Crippen LogP contribution in [0.15, 0.2) is 42.5 Å². The number of ether oxygens (including phenoxy) is 1. The Hall–Kier alpha value is -3.63. The summed E-state index contributed by atoms with van der Waals surface area (Å²) in [5, 5.41) is 12.5. The second kappa shape index (κ2) is 6.69. The number of nitriles is 1. The molecule has 7 nitrogen and oxygen atoms in total. The normalized spacial score (nSPS) is 22.4. The van der Waals surface area contributed by atoms with Crippen molar-refractivity contribution in [3.05, 3.63) is 59.3 Å². The monoisotopic (exact) mass is 410 g/mol. The first-order chi connectivity index (χ1) is 15.2. The molecule has 1 aromatic heterocycles. The van der Waals surface area contributed by atoms with E-state index in [0.717, 1.165) is 42.3 Å². The minimum atomic E-state index is 0.313. The SMILES string of the molecule is CNc1cccc2c1Cc1nc(Oc3cccc(C#N)c3)nc(N3CC4C(N)C4C3)c1-2. The van der Waals surface area contributed by atoms with E-state index in [-0.39, 0.29) is 0 Å². The van der Waals surface area contributed by atoms with Crippen LogP contribution in [0.3, 0.4) is 0 Å². The molecule has 0 radical (unpaired) electrons. The lowest BCUT2D eigenvalue weighted by Gasteiger charge is -2.23. The minimum absolute atomic E-state index is 0.313. The van der Waals surface area contributed by atoms with Gasteiger partial charge in [-0.2, -0.15) is 15.2 Å². The van der Waals surface area contributed by atoms with Crippen LogP contribution in [-0.4, -0.2) is 36.1 Å². The molecule has 2 aromatic carbocycles. The number of nitrogens with two attached hydrogens (primary N) is 1. The third-order valence-corrected chi connectivity index (χ3v) is 6.74. The molecule has 2 unspecified atom stereocenters. The van der Waals surface area contributed by atoms with E-state index in [0.29, 0.717) is 35.2 Å². The van der Waals surface area contributed by atoms with Crippen LogP contribution in [0.25, 0.3) is 11.1 Å². The number of hydrogen-bond donors (Lipinski definition) is 2. The first-order valence-corrected chi connectivity index (χ1v) is 10.6. The van der Waals surface area contributed by atoms with Crippen molar-refractivity contribution < 1.29 is 4.74 Å². The average molecular weight is 410 g/mol. The number of nitrogens with one attached hydrogen (secondary N) is 1. The maximum absolute atomic E-state index is 9.18. The zero-order valence-corrected chi connectivity index (χ0v) is 17.2. The van der Waals surface area contributed by atoms with Gasteiger partial charge in [0, 0.05) is 43.9 Å². The van der Waals surface area contributed by atoms with Gasteiger partial charge in [0.2, 0.25) is 0 Å². The Morgan fingerprint density at radius 2 is 1.97 bits per heavy atom. The summed E-state index contributed by atoms with van der Waals surface area (Å²) in [7, 11) is 1.94. The molecular weight excluding hydrogens is 388 g/mol. The lowest BCUT2D eigenvalue weighted by Crippen LogP contribution is -2.29. The molecule has 3 aliphatic rings. The summed E-state index contributed by atoms with van der Waals surface area (Å²) in [6, 6.07) is 16.1. The summed E-state index contributed by atoms with van der Waals surface area (Å²) >= 11 is 0. The Kier molecular flexibility index (Phi) is 3.92. The molecule has 3 N–H and O–H groups in total. The van der Waals surface area contributed by atoms with Gasteiger partial charge in [0.1, 0.15) is 11.6 Å². The molecule has 6 rings (SSSR count). The number of nitrogens with zero attached hydrogens (tertiary/aromatic N) is 4. The molecule has 7 heteroatoms. The molecular formula is C24H22N6O. The molecule has 1 aliphatic heterocycles. The molecule has 0 bridgehead atoms. The number of rotatable bonds is 4. The van der Waals surface area contributed by atoms with E-state index in [9.17, 15) is 5.26 Å². The number of aromatic nitrogens is 2. The fourth-order valence-corrected chi connectivity index (χ4v) is 5.04. The maximum atomic E-state index is 9.18. The fourth-order valence-electron chi connectivity index (χ4n) is 5.04. The van der Waals surface area contributed by atoms with Crippen molar-refractivity contribution in [1.29, 1.82) is 5.26 Å². The lowest BCUT2D eigenvalue weighted by molar-refractivity contribution is 0.440. The number of benzene rings is 2. The Morgan fingerprint density at radius 3 is 2.74 bits per heavy atom. The first kappa shape index (κ1) is 18.2. The van der Waals surface area contributed by atoms with Crippen molar-refractivity contribution in [2.24, 2.45) is 17.6 Å². The Morgan fingerprint density at radius 1 is 1.16 bits per heavy atom. The van der Waals surface area contributed by atoms with Crippen molar-refractivity contribution in [3.63, 3.8) is 0 Å². The third-order valence-electron chi connectivity index (χ3n) is 6.74. The highest BCUT2D eigenvalue weighted by atomic mass is 16.5. The van der Waals surface area contributed by atoms with E-state index < -0.39 is 0 Å². The molecule has 2 fully saturated rings. The smallest absolute Gasteiger partial charge is 0.324 e. The van der Waals surface area contributed by atoms with E-state index in [1.54, 1.807) is 18.2 Å². The van der Waals surface area contributed by atoms with Crippen LogP contribution in [-0.2, 0) is 6.42 Å². The summed E-state index contributed by atoms with van der Waals surface area (Å²) in [6.45, 7) is 1.83. The molecule has 0 spiro atoms. The zero-order valence-electron chi connectivity index (χ0n) is 17.2. The molecule has 3 aromatic rings. The average Bonchev–Trinajstić information content (AvgIpc) is 3.15. The number of anilines is 2. The molecule has 2 atom stereocenters. The van der Waals surface area contributed by atoms with Gasteiger partial charge in [0.05, 0.1) is 17.3 Å². The van der Waals surface area contributed by atoms with Crippen molar-refractivity contribution in [2.75, 3.05) is 30.4 Å². The van der Waals surface area contributed by atoms with Crippen molar-refractivity contribution in [2.45, 2.75) is 12.5 Å². The summed E-state index contributed by atoms with van der Waals surface area (Å²) in [5.74, 6) is 2.57. The summed E-state index contributed by atoms with van der Waals surface area (Å²) in [4.78, 5) is 12.0. The lowest BCUT2D eigenvalue weighted by atomic mass is 10.1. The van der Waals surface area contributed by atoms with Gasteiger partial charge in [-0.15, -0.1) is 0 Å². The second-order valence-corrected chi connectivity index (χ2v) is 8.46. The van der Waals surface area contributed by atoms with Crippen LogP contribution >= 0.6 is 0 Å². The topological polar surface area (TPSA) is 100 Å². The third kappa shape index (κ3) is 2.83. The van der Waals surface area contributed by atoms with Gasteiger partial charge in [-0.05, 0) is 47.2 Å². The molecule has 0 amide bonds. The van der Waals surface area contributed by atoms with Crippen LogP contribution < -0.4 is 20.7 Å². The van der Waals surface area contributed by atoms with Crippen molar-refractivity contribution >= 4 is 11.5 Å². The molecule has 2 aliphatic carbocycles. The number of piperidine rings is 1. The fraction of sp³-hybridized carbons (Fsp3) is 0.292. The van der Waals surface area contributed by atoms with Crippen molar-refractivity contribution in [3.8, 4) is 29.0 Å². The maximum Gasteiger partial charge on any atom is 0.324 e. The van der Waals surface area contributed by atoms with Crippen molar-refractivity contribution in [1.82, 2.24) is 9.97 Å². The summed E-state index contributed by atoms with van der Waals surface area (Å²) in [5.41, 5.74) is 12.3. The van der Waals surface area contributed by atoms with Crippen LogP contribution in [0.4, 0.5) is 11.5 Å². The van der Waals surface area contributed by atoms with E-state index in [2.05, 4.69) is 34.5 Å². The van der Waals surface area contributed by atoms with E-state index in [1.807, 2.05) is 13.1 Å². The van der Waals surface area contributed by atoms with Gasteiger partial charge < -0.3 is 20.7 Å². The van der Waals surface area contributed by atoms with Gasteiger partial charge in [-0.1, -0.05) is 18.2 Å². The van der Waals surface area contributed by atoms with Gasteiger partial charge in [0.25, 0.3) is 0 Å². The molecule has 154 valence electrons.